The van der Waals surface area contributed by atoms with Crippen LogP contribution in [0.1, 0.15) is 29.3 Å². The highest BCUT2D eigenvalue weighted by atomic mass is 35.5. The summed E-state index contributed by atoms with van der Waals surface area (Å²) in [7, 11) is 0. The SMILES string of the molecule is Cc1ccc(Cl)c(-n2c(C(C)Cl)nc3cccc(C)c32)c1. The summed E-state index contributed by atoms with van der Waals surface area (Å²) in [6.45, 7) is 6.06. The lowest BCUT2D eigenvalue weighted by atomic mass is 10.1. The van der Waals surface area contributed by atoms with Gasteiger partial charge in [0.15, 0.2) is 0 Å². The summed E-state index contributed by atoms with van der Waals surface area (Å²) in [5, 5.41) is 0.495. The number of halogens is 2. The molecule has 0 amide bonds. The number of alkyl halides is 1. The van der Waals surface area contributed by atoms with Gasteiger partial charge in [0, 0.05) is 0 Å². The number of aromatic nitrogens is 2. The van der Waals surface area contributed by atoms with Gasteiger partial charge in [0.25, 0.3) is 0 Å². The highest BCUT2D eigenvalue weighted by Crippen LogP contribution is 2.33. The molecule has 0 spiro atoms. The van der Waals surface area contributed by atoms with Crippen molar-refractivity contribution in [1.82, 2.24) is 9.55 Å². The lowest BCUT2D eigenvalue weighted by Crippen LogP contribution is -2.03. The molecular formula is C17H16Cl2N2. The minimum absolute atomic E-state index is 0.201. The van der Waals surface area contributed by atoms with Crippen molar-refractivity contribution >= 4 is 34.2 Å². The second-order valence-corrected chi connectivity index (χ2v) is 6.38. The molecule has 2 aromatic carbocycles. The van der Waals surface area contributed by atoms with Gasteiger partial charge in [-0.3, -0.25) is 4.57 Å². The molecule has 1 unspecified atom stereocenters. The molecule has 1 aromatic heterocycles. The Kier molecular flexibility index (Phi) is 3.68. The third kappa shape index (κ3) is 2.43. The van der Waals surface area contributed by atoms with E-state index in [1.54, 1.807) is 0 Å². The quantitative estimate of drug-likeness (QED) is 0.563. The molecule has 0 bridgehead atoms. The fourth-order valence-corrected chi connectivity index (χ4v) is 2.97. The van der Waals surface area contributed by atoms with Gasteiger partial charge < -0.3 is 0 Å². The lowest BCUT2D eigenvalue weighted by molar-refractivity contribution is 0.881. The van der Waals surface area contributed by atoms with Gasteiger partial charge in [0.05, 0.1) is 27.1 Å². The van der Waals surface area contributed by atoms with Crippen LogP contribution in [0.4, 0.5) is 0 Å². The predicted molar refractivity (Wildman–Crippen MR) is 89.8 cm³/mol. The maximum atomic E-state index is 6.43. The van der Waals surface area contributed by atoms with Crippen LogP contribution in [0.2, 0.25) is 5.02 Å². The van der Waals surface area contributed by atoms with Gasteiger partial charge in [-0.1, -0.05) is 29.8 Å². The molecule has 1 atom stereocenters. The van der Waals surface area contributed by atoms with Crippen LogP contribution in [0.15, 0.2) is 36.4 Å². The number of para-hydroxylation sites is 1. The molecule has 3 aromatic rings. The molecule has 1 heterocycles. The summed E-state index contributed by atoms with van der Waals surface area (Å²) >= 11 is 12.8. The number of imidazole rings is 1. The van der Waals surface area contributed by atoms with E-state index in [9.17, 15) is 0 Å². The maximum Gasteiger partial charge on any atom is 0.132 e. The van der Waals surface area contributed by atoms with Crippen molar-refractivity contribution < 1.29 is 0 Å². The van der Waals surface area contributed by atoms with Crippen molar-refractivity contribution in [1.29, 1.82) is 0 Å². The van der Waals surface area contributed by atoms with E-state index < -0.39 is 0 Å². The smallest absolute Gasteiger partial charge is 0.132 e. The Morgan fingerprint density at radius 3 is 2.62 bits per heavy atom. The zero-order valence-electron chi connectivity index (χ0n) is 12.2. The summed E-state index contributed by atoms with van der Waals surface area (Å²) in [6, 6.07) is 12.1. The third-order valence-electron chi connectivity index (χ3n) is 3.60. The molecular weight excluding hydrogens is 303 g/mol. The normalized spacial score (nSPS) is 12.8. The van der Waals surface area contributed by atoms with E-state index in [1.807, 2.05) is 31.2 Å². The van der Waals surface area contributed by atoms with Crippen molar-refractivity contribution in [3.05, 3.63) is 58.4 Å². The summed E-state index contributed by atoms with van der Waals surface area (Å²) in [5.74, 6) is 0.813. The maximum absolute atomic E-state index is 6.43. The number of hydrogen-bond acceptors (Lipinski definition) is 1. The summed E-state index contributed by atoms with van der Waals surface area (Å²) in [5.41, 5.74) is 5.23. The van der Waals surface area contributed by atoms with Crippen LogP contribution in [0.5, 0.6) is 0 Å². The largest absolute Gasteiger partial charge is 0.293 e. The molecule has 0 aliphatic rings. The molecule has 21 heavy (non-hydrogen) atoms. The Morgan fingerprint density at radius 1 is 1.14 bits per heavy atom. The zero-order chi connectivity index (χ0) is 15.1. The van der Waals surface area contributed by atoms with Crippen LogP contribution < -0.4 is 0 Å². The molecule has 0 saturated heterocycles. The zero-order valence-corrected chi connectivity index (χ0v) is 13.7. The van der Waals surface area contributed by atoms with Gasteiger partial charge >= 0.3 is 0 Å². The first-order valence-corrected chi connectivity index (χ1v) is 7.69. The fraction of sp³-hybridized carbons (Fsp3) is 0.235. The summed E-state index contributed by atoms with van der Waals surface area (Å²) in [6.07, 6.45) is 0. The van der Waals surface area contributed by atoms with Crippen LogP contribution in [0.25, 0.3) is 16.7 Å². The molecule has 0 saturated carbocycles. The summed E-state index contributed by atoms with van der Waals surface area (Å²) < 4.78 is 2.08. The van der Waals surface area contributed by atoms with Gasteiger partial charge in [-0.2, -0.15) is 0 Å². The highest BCUT2D eigenvalue weighted by molar-refractivity contribution is 6.32. The van der Waals surface area contributed by atoms with Crippen LogP contribution in [0.3, 0.4) is 0 Å². The molecule has 0 radical (unpaired) electrons. The van der Waals surface area contributed by atoms with Crippen LogP contribution in [-0.4, -0.2) is 9.55 Å². The standard InChI is InChI=1S/C17H16Cl2N2/c1-10-7-8-13(19)15(9-10)21-16-11(2)5-4-6-14(16)20-17(21)12(3)18/h4-9,12H,1-3H3. The van der Waals surface area contributed by atoms with Crippen molar-refractivity contribution in [2.24, 2.45) is 0 Å². The Labute approximate surface area is 134 Å². The van der Waals surface area contributed by atoms with Gasteiger partial charge in [-0.05, 0) is 50.1 Å². The molecule has 4 heteroatoms. The molecule has 108 valence electrons. The van der Waals surface area contributed by atoms with E-state index in [1.165, 1.54) is 0 Å². The second kappa shape index (κ2) is 5.36. The van der Waals surface area contributed by atoms with Crippen molar-refractivity contribution in [3.63, 3.8) is 0 Å². The van der Waals surface area contributed by atoms with Crippen LogP contribution in [0, 0.1) is 13.8 Å². The summed E-state index contributed by atoms with van der Waals surface area (Å²) in [4.78, 5) is 4.69. The highest BCUT2D eigenvalue weighted by Gasteiger charge is 2.19. The van der Waals surface area contributed by atoms with Crippen molar-refractivity contribution in [2.45, 2.75) is 26.1 Å². The van der Waals surface area contributed by atoms with E-state index in [0.717, 1.165) is 33.7 Å². The monoisotopic (exact) mass is 318 g/mol. The number of hydrogen-bond donors (Lipinski definition) is 0. The van der Waals surface area contributed by atoms with Gasteiger partial charge in [0.1, 0.15) is 5.82 Å². The Bertz CT molecular complexity index is 819. The molecule has 0 fully saturated rings. The van der Waals surface area contributed by atoms with E-state index in [4.69, 9.17) is 28.2 Å². The first kappa shape index (κ1) is 14.4. The molecule has 2 nitrogen and oxygen atoms in total. The van der Waals surface area contributed by atoms with Crippen molar-refractivity contribution in [2.75, 3.05) is 0 Å². The van der Waals surface area contributed by atoms with Gasteiger partial charge in [-0.25, -0.2) is 4.98 Å². The first-order valence-electron chi connectivity index (χ1n) is 6.87. The number of fused-ring (bicyclic) bond motifs is 1. The Balaban J connectivity index is 2.44. The Morgan fingerprint density at radius 2 is 1.90 bits per heavy atom. The number of rotatable bonds is 2. The van der Waals surface area contributed by atoms with Gasteiger partial charge in [-0.15, -0.1) is 11.6 Å². The fourth-order valence-electron chi connectivity index (χ4n) is 2.62. The average molecular weight is 319 g/mol. The minimum atomic E-state index is -0.201. The second-order valence-electron chi connectivity index (χ2n) is 5.32. The first-order chi connectivity index (χ1) is 9.99. The van der Waals surface area contributed by atoms with Gasteiger partial charge in [0.2, 0.25) is 0 Å². The van der Waals surface area contributed by atoms with E-state index >= 15 is 0 Å². The number of nitrogens with zero attached hydrogens (tertiary/aromatic N) is 2. The third-order valence-corrected chi connectivity index (χ3v) is 4.12. The van der Waals surface area contributed by atoms with Crippen molar-refractivity contribution in [3.8, 4) is 5.69 Å². The molecule has 0 aliphatic carbocycles. The van der Waals surface area contributed by atoms with E-state index in [0.29, 0.717) is 5.02 Å². The molecule has 3 rings (SSSR count). The van der Waals surface area contributed by atoms with E-state index in [-0.39, 0.29) is 5.38 Å². The molecule has 0 aliphatic heterocycles. The van der Waals surface area contributed by atoms with Crippen LogP contribution in [-0.2, 0) is 0 Å². The predicted octanol–water partition coefficient (Wildman–Crippen LogP) is 5.60. The van der Waals surface area contributed by atoms with Crippen LogP contribution >= 0.6 is 23.2 Å². The number of benzene rings is 2. The lowest BCUT2D eigenvalue weighted by Gasteiger charge is -2.14. The average Bonchev–Trinajstić information content (AvgIpc) is 2.82. The Hall–Kier alpha value is -1.51. The topological polar surface area (TPSA) is 17.8 Å². The molecule has 0 N–H and O–H groups in total. The minimum Gasteiger partial charge on any atom is -0.293 e. The number of aryl methyl sites for hydroxylation is 2. The van der Waals surface area contributed by atoms with E-state index in [2.05, 4.69) is 30.5 Å².